The van der Waals surface area contributed by atoms with Crippen LogP contribution in [0.5, 0.6) is 0 Å². The number of allylic oxidation sites excluding steroid dienone is 10. The van der Waals surface area contributed by atoms with Gasteiger partial charge in [0.2, 0.25) is 5.91 Å². The van der Waals surface area contributed by atoms with Crippen LogP contribution in [0.2, 0.25) is 0 Å². The van der Waals surface area contributed by atoms with Gasteiger partial charge < -0.3 is 20.3 Å². The molecule has 0 aliphatic carbocycles. The molecular formula is C56H101NO5. The van der Waals surface area contributed by atoms with Crippen LogP contribution in [0.4, 0.5) is 0 Å². The lowest BCUT2D eigenvalue weighted by Crippen LogP contribution is -2.46. The van der Waals surface area contributed by atoms with Crippen LogP contribution in [0.1, 0.15) is 258 Å². The SMILES string of the molecule is CC/C=C/C=C/C=C\CCCCCCCC(=O)OC(CCCCCC/C=C/C=C/CCCCC)CC(=O)NC(CO)C(O)CCCCCCCCCCCCCCCCCCC. The molecule has 360 valence electrons. The van der Waals surface area contributed by atoms with Gasteiger partial charge in [0, 0.05) is 6.42 Å². The maximum Gasteiger partial charge on any atom is 0.306 e. The van der Waals surface area contributed by atoms with E-state index < -0.39 is 18.2 Å². The molecule has 0 spiro atoms. The van der Waals surface area contributed by atoms with E-state index in [1.54, 1.807) is 0 Å². The van der Waals surface area contributed by atoms with Crippen molar-refractivity contribution in [2.24, 2.45) is 0 Å². The molecule has 0 aliphatic heterocycles. The van der Waals surface area contributed by atoms with E-state index in [1.165, 1.54) is 109 Å². The Bertz CT molecular complexity index is 1110. The second-order valence-electron chi connectivity index (χ2n) is 18.0. The standard InChI is InChI=1S/C56H101NO5/c1-4-7-10-13-16-19-22-25-26-27-28-31-33-36-39-42-45-48-54(59)53(51-58)57-55(60)50-52(47-44-41-38-35-32-29-23-20-17-14-11-8-5-2)62-56(61)49-46-43-40-37-34-30-24-21-18-15-12-9-6-3/h9,12,15,17-18,20-21,23-24,29,52-54,58-59H,4-8,10-11,13-14,16,19,22,25-28,30-51H2,1-3H3,(H,57,60)/b12-9+,18-15+,20-17+,24-21-,29-23+. The van der Waals surface area contributed by atoms with Crippen LogP contribution in [0.15, 0.2) is 60.8 Å². The van der Waals surface area contributed by atoms with Crippen molar-refractivity contribution >= 4 is 11.9 Å². The molecule has 0 radical (unpaired) electrons. The number of unbranched alkanes of at least 4 members (excludes halogenated alkanes) is 28. The van der Waals surface area contributed by atoms with Gasteiger partial charge >= 0.3 is 5.97 Å². The summed E-state index contributed by atoms with van der Waals surface area (Å²) in [5.74, 6) is -0.516. The van der Waals surface area contributed by atoms with E-state index in [-0.39, 0.29) is 24.9 Å². The maximum atomic E-state index is 13.2. The molecule has 0 aromatic rings. The third-order valence-electron chi connectivity index (χ3n) is 11.9. The van der Waals surface area contributed by atoms with Crippen LogP contribution in [-0.4, -0.2) is 46.9 Å². The first-order valence-corrected chi connectivity index (χ1v) is 26.6. The van der Waals surface area contributed by atoms with E-state index in [9.17, 15) is 19.8 Å². The van der Waals surface area contributed by atoms with Crippen LogP contribution in [0, 0.1) is 0 Å². The lowest BCUT2D eigenvalue weighted by atomic mass is 10.0. The number of esters is 1. The van der Waals surface area contributed by atoms with Crippen molar-refractivity contribution in [3.63, 3.8) is 0 Å². The van der Waals surface area contributed by atoms with Crippen molar-refractivity contribution in [2.45, 2.75) is 277 Å². The van der Waals surface area contributed by atoms with E-state index >= 15 is 0 Å². The number of ether oxygens (including phenoxy) is 1. The number of carbonyl (C=O) groups is 2. The summed E-state index contributed by atoms with van der Waals surface area (Å²) < 4.78 is 5.91. The molecule has 3 atom stereocenters. The molecule has 62 heavy (non-hydrogen) atoms. The number of carbonyl (C=O) groups excluding carboxylic acids is 2. The van der Waals surface area contributed by atoms with Crippen LogP contribution < -0.4 is 5.32 Å². The van der Waals surface area contributed by atoms with Crippen LogP contribution in [-0.2, 0) is 14.3 Å². The van der Waals surface area contributed by atoms with E-state index in [2.05, 4.69) is 86.8 Å². The summed E-state index contributed by atoms with van der Waals surface area (Å²) in [6.07, 6.45) is 61.4. The van der Waals surface area contributed by atoms with Gasteiger partial charge in [-0.2, -0.15) is 0 Å². The van der Waals surface area contributed by atoms with Gasteiger partial charge in [-0.25, -0.2) is 0 Å². The Balaban J connectivity index is 4.56. The van der Waals surface area contributed by atoms with Crippen LogP contribution in [0.25, 0.3) is 0 Å². The summed E-state index contributed by atoms with van der Waals surface area (Å²) in [5.41, 5.74) is 0. The smallest absolute Gasteiger partial charge is 0.306 e. The number of nitrogens with one attached hydrogen (secondary N) is 1. The minimum atomic E-state index is -0.798. The zero-order valence-corrected chi connectivity index (χ0v) is 41.0. The summed E-state index contributed by atoms with van der Waals surface area (Å²) >= 11 is 0. The monoisotopic (exact) mass is 868 g/mol. The molecule has 6 heteroatoms. The number of amides is 1. The van der Waals surface area contributed by atoms with E-state index in [0.29, 0.717) is 19.3 Å². The lowest BCUT2D eigenvalue weighted by molar-refractivity contribution is -0.151. The fourth-order valence-corrected chi connectivity index (χ4v) is 7.89. The Labute approximate surface area is 384 Å². The van der Waals surface area contributed by atoms with Crippen molar-refractivity contribution in [1.82, 2.24) is 5.32 Å². The molecule has 3 N–H and O–H groups in total. The van der Waals surface area contributed by atoms with Gasteiger partial charge in [0.05, 0.1) is 25.2 Å². The number of hydrogen-bond acceptors (Lipinski definition) is 5. The van der Waals surface area contributed by atoms with Gasteiger partial charge in [-0.1, -0.05) is 236 Å². The van der Waals surface area contributed by atoms with Crippen molar-refractivity contribution < 1.29 is 24.5 Å². The first-order chi connectivity index (χ1) is 30.5. The Kier molecular flexibility index (Phi) is 47.6. The first kappa shape index (κ1) is 59.6. The molecule has 0 bridgehead atoms. The van der Waals surface area contributed by atoms with Gasteiger partial charge in [-0.05, 0) is 70.6 Å². The highest BCUT2D eigenvalue weighted by Gasteiger charge is 2.24. The normalized spacial score (nSPS) is 13.7. The Morgan fingerprint density at radius 1 is 0.484 bits per heavy atom. The molecule has 0 aliphatic rings. The average molecular weight is 868 g/mol. The topological polar surface area (TPSA) is 95.9 Å². The molecule has 0 heterocycles. The number of aliphatic hydroxyl groups is 2. The summed E-state index contributed by atoms with van der Waals surface area (Å²) in [4.78, 5) is 26.1. The Hall–Kier alpha value is -2.44. The van der Waals surface area contributed by atoms with E-state index in [0.717, 1.165) is 103 Å². The van der Waals surface area contributed by atoms with Crippen molar-refractivity contribution in [1.29, 1.82) is 0 Å². The number of rotatable bonds is 47. The average Bonchev–Trinajstić information content (AvgIpc) is 3.26. The molecule has 0 fully saturated rings. The predicted octanol–water partition coefficient (Wildman–Crippen LogP) is 16.0. The Morgan fingerprint density at radius 2 is 0.871 bits per heavy atom. The zero-order chi connectivity index (χ0) is 45.2. The highest BCUT2D eigenvalue weighted by Crippen LogP contribution is 2.18. The van der Waals surface area contributed by atoms with E-state index in [1.807, 2.05) is 0 Å². The second-order valence-corrected chi connectivity index (χ2v) is 18.0. The third kappa shape index (κ3) is 44.2. The Morgan fingerprint density at radius 3 is 1.35 bits per heavy atom. The van der Waals surface area contributed by atoms with Crippen LogP contribution in [0.3, 0.4) is 0 Å². The summed E-state index contributed by atoms with van der Waals surface area (Å²) in [6.45, 7) is 6.32. The highest BCUT2D eigenvalue weighted by atomic mass is 16.5. The quantitative estimate of drug-likeness (QED) is 0.0322. The van der Waals surface area contributed by atoms with Gasteiger partial charge in [0.25, 0.3) is 0 Å². The molecule has 3 unspecified atom stereocenters. The minimum Gasteiger partial charge on any atom is -0.462 e. The zero-order valence-electron chi connectivity index (χ0n) is 41.0. The van der Waals surface area contributed by atoms with Crippen molar-refractivity contribution in [2.75, 3.05) is 6.61 Å². The fraction of sp³-hybridized carbons (Fsp3) is 0.786. The number of aliphatic hydroxyl groups excluding tert-OH is 2. The summed E-state index contributed by atoms with van der Waals surface area (Å²) in [7, 11) is 0. The van der Waals surface area contributed by atoms with Gasteiger partial charge in [0.15, 0.2) is 0 Å². The summed E-state index contributed by atoms with van der Waals surface area (Å²) in [5, 5.41) is 23.8. The van der Waals surface area contributed by atoms with Gasteiger partial charge in [0.1, 0.15) is 6.10 Å². The molecule has 0 aromatic carbocycles. The lowest BCUT2D eigenvalue weighted by Gasteiger charge is -2.24. The highest BCUT2D eigenvalue weighted by molar-refractivity contribution is 5.77. The van der Waals surface area contributed by atoms with E-state index in [4.69, 9.17) is 4.74 Å². The van der Waals surface area contributed by atoms with Crippen molar-refractivity contribution in [3.8, 4) is 0 Å². The maximum absolute atomic E-state index is 13.2. The predicted molar refractivity (Wildman–Crippen MR) is 268 cm³/mol. The van der Waals surface area contributed by atoms with Crippen molar-refractivity contribution in [3.05, 3.63) is 60.8 Å². The van der Waals surface area contributed by atoms with Crippen LogP contribution >= 0.6 is 0 Å². The molecule has 0 saturated heterocycles. The number of hydrogen-bond donors (Lipinski definition) is 3. The second kappa shape index (κ2) is 49.6. The first-order valence-electron chi connectivity index (χ1n) is 26.6. The largest absolute Gasteiger partial charge is 0.462 e. The minimum absolute atomic E-state index is 0.0546. The molecule has 6 nitrogen and oxygen atoms in total. The molecule has 0 rings (SSSR count). The van der Waals surface area contributed by atoms with Gasteiger partial charge in [-0.15, -0.1) is 0 Å². The fourth-order valence-electron chi connectivity index (χ4n) is 7.89. The third-order valence-corrected chi connectivity index (χ3v) is 11.9. The summed E-state index contributed by atoms with van der Waals surface area (Å²) in [6, 6.07) is -0.714. The molecule has 0 aromatic heterocycles. The molecule has 1 amide bonds. The molecule has 0 saturated carbocycles. The van der Waals surface area contributed by atoms with Gasteiger partial charge in [-0.3, -0.25) is 9.59 Å². The molecular weight excluding hydrogens is 767 g/mol.